The molecule has 3 aromatic rings. The van der Waals surface area contributed by atoms with Crippen molar-refractivity contribution >= 4 is 22.3 Å². The summed E-state index contributed by atoms with van der Waals surface area (Å²) in [7, 11) is 0. The summed E-state index contributed by atoms with van der Waals surface area (Å²) in [6, 6.07) is 17.7. The molecule has 1 atom stereocenters. The van der Waals surface area contributed by atoms with E-state index in [1.807, 2.05) is 98.8 Å². The van der Waals surface area contributed by atoms with Crippen molar-refractivity contribution in [3.05, 3.63) is 84.2 Å². The van der Waals surface area contributed by atoms with Crippen LogP contribution >= 0.6 is 0 Å². The molecule has 48 heavy (non-hydrogen) atoms. The number of ketones is 2. The summed E-state index contributed by atoms with van der Waals surface area (Å²) in [6.45, 7) is 37.2. The van der Waals surface area contributed by atoms with Gasteiger partial charge in [0.05, 0.1) is 0 Å². The predicted octanol–water partition coefficient (Wildman–Crippen LogP) is 14.4. The second-order valence-electron chi connectivity index (χ2n) is 11.1. The van der Waals surface area contributed by atoms with Crippen LogP contribution in [-0.2, 0) is 16.0 Å². The zero-order valence-corrected chi connectivity index (χ0v) is 34.7. The molecule has 0 bridgehead atoms. The minimum Gasteiger partial charge on any atom is -0.508 e. The largest absolute Gasteiger partial charge is 0.508 e. The van der Waals surface area contributed by atoms with Crippen molar-refractivity contribution in [1.29, 1.82) is 0 Å². The van der Waals surface area contributed by atoms with E-state index >= 15 is 0 Å². The third-order valence-corrected chi connectivity index (χ3v) is 5.62. The second-order valence-corrected chi connectivity index (χ2v) is 11.1. The molecule has 0 radical (unpaired) electrons. The number of phenols is 1. The Morgan fingerprint density at radius 1 is 0.750 bits per heavy atom. The van der Waals surface area contributed by atoms with Crippen LogP contribution in [0.1, 0.15) is 161 Å². The maximum atomic E-state index is 9.81. The number of allylic oxidation sites excluding steroid dienone is 1. The highest BCUT2D eigenvalue weighted by molar-refractivity contribution is 5.81. The lowest BCUT2D eigenvalue weighted by molar-refractivity contribution is -0.117. The van der Waals surface area contributed by atoms with E-state index in [0.717, 1.165) is 23.6 Å². The number of carbonyl (C=O) groups is 2. The van der Waals surface area contributed by atoms with E-state index in [9.17, 15) is 9.59 Å². The fourth-order valence-corrected chi connectivity index (χ4v) is 2.70. The first kappa shape index (κ1) is 57.0. The molecule has 0 aliphatic carbocycles. The summed E-state index contributed by atoms with van der Waals surface area (Å²) in [4.78, 5) is 23.5. The van der Waals surface area contributed by atoms with E-state index in [1.165, 1.54) is 62.3 Å². The van der Waals surface area contributed by atoms with Crippen LogP contribution < -0.4 is 0 Å². The maximum Gasteiger partial charge on any atom is 0.129 e. The average molecular weight is 670 g/mol. The van der Waals surface area contributed by atoms with E-state index in [2.05, 4.69) is 64.4 Å². The topological polar surface area (TPSA) is 67.3 Å². The van der Waals surface area contributed by atoms with Gasteiger partial charge in [-0.25, -0.2) is 0 Å². The van der Waals surface area contributed by atoms with Gasteiger partial charge in [-0.15, -0.1) is 6.58 Å². The minimum atomic E-state index is 0.167. The minimum absolute atomic E-state index is 0.167. The molecule has 2 aromatic carbocycles. The summed E-state index contributed by atoms with van der Waals surface area (Å²) in [5.74, 6) is 1.77. The quantitative estimate of drug-likeness (QED) is 0.265. The van der Waals surface area contributed by atoms with Gasteiger partial charge in [-0.05, 0) is 77.0 Å². The number of hydrogen-bond donors (Lipinski definition) is 1. The van der Waals surface area contributed by atoms with Crippen molar-refractivity contribution in [2.24, 2.45) is 5.92 Å². The normalized spacial score (nSPS) is 8.94. The molecule has 3 rings (SSSR count). The molecule has 1 N–H and O–H groups in total. The maximum absolute atomic E-state index is 9.81. The highest BCUT2D eigenvalue weighted by Crippen LogP contribution is 2.15. The molecule has 1 aromatic heterocycles. The highest BCUT2D eigenvalue weighted by atomic mass is 16.3. The van der Waals surface area contributed by atoms with Gasteiger partial charge < -0.3 is 14.7 Å². The zero-order valence-electron chi connectivity index (χ0n) is 34.7. The Morgan fingerprint density at radius 3 is 1.44 bits per heavy atom. The number of aryl methyl sites for hydroxylation is 2. The number of para-hydroxylation sites is 1. The predicted molar refractivity (Wildman–Crippen MR) is 219 cm³/mol. The molecule has 1 heterocycles. The Kier molecular flexibility index (Phi) is 54.5. The number of fused-ring (bicyclic) bond motifs is 1. The van der Waals surface area contributed by atoms with Crippen LogP contribution in [-0.4, -0.2) is 21.7 Å². The van der Waals surface area contributed by atoms with Gasteiger partial charge in [0, 0.05) is 23.7 Å². The molecule has 0 fully saturated rings. The van der Waals surface area contributed by atoms with E-state index < -0.39 is 0 Å². The molecule has 0 aliphatic rings. The van der Waals surface area contributed by atoms with Gasteiger partial charge in [-0.1, -0.05) is 156 Å². The van der Waals surface area contributed by atoms with E-state index in [4.69, 9.17) is 5.11 Å². The SMILES string of the molecule is C=C(C)C.CC.CC.CC(C)=O.CCC(C)=O.CCCC.CCCC(C)CC.CCc1ccccc1O.Cc1cc2ccccc2cn1. The lowest BCUT2D eigenvalue weighted by atomic mass is 10.0. The van der Waals surface area contributed by atoms with Crippen LogP contribution in [0.2, 0.25) is 0 Å². The van der Waals surface area contributed by atoms with Gasteiger partial charge >= 0.3 is 0 Å². The monoisotopic (exact) mass is 670 g/mol. The van der Waals surface area contributed by atoms with Crippen LogP contribution in [0, 0.1) is 12.8 Å². The summed E-state index contributed by atoms with van der Waals surface area (Å²) < 4.78 is 0. The number of rotatable bonds is 6. The lowest BCUT2D eigenvalue weighted by Crippen LogP contribution is -1.88. The summed E-state index contributed by atoms with van der Waals surface area (Å²) in [6.07, 6.45) is 10.2. The van der Waals surface area contributed by atoms with E-state index in [0.29, 0.717) is 12.2 Å². The Hall–Kier alpha value is -3.27. The average Bonchev–Trinajstić information content (AvgIpc) is 3.07. The fourth-order valence-electron chi connectivity index (χ4n) is 2.70. The smallest absolute Gasteiger partial charge is 0.129 e. The van der Waals surface area contributed by atoms with Crippen LogP contribution in [0.5, 0.6) is 5.75 Å². The fraction of sp³-hybridized carbons (Fsp3) is 0.568. The molecule has 0 spiro atoms. The third kappa shape index (κ3) is 52.3. The molecule has 278 valence electrons. The lowest BCUT2D eigenvalue weighted by Gasteiger charge is -2.02. The third-order valence-electron chi connectivity index (χ3n) is 5.62. The van der Waals surface area contributed by atoms with Crippen molar-refractivity contribution in [2.45, 2.75) is 163 Å². The first-order valence-corrected chi connectivity index (χ1v) is 18.3. The summed E-state index contributed by atoms with van der Waals surface area (Å²) in [5, 5.41) is 11.6. The molecule has 0 saturated carbocycles. The van der Waals surface area contributed by atoms with Crippen molar-refractivity contribution < 1.29 is 14.7 Å². The molecule has 1 unspecified atom stereocenters. The number of Topliss-reactive ketones (excluding diaryl/α,β-unsaturated/α-hetero) is 2. The number of nitrogens with zero attached hydrogens (tertiary/aromatic N) is 1. The molecule has 4 nitrogen and oxygen atoms in total. The van der Waals surface area contributed by atoms with Crippen LogP contribution in [0.4, 0.5) is 0 Å². The Labute approximate surface area is 299 Å². The van der Waals surface area contributed by atoms with Gasteiger partial charge in [0.1, 0.15) is 17.3 Å². The van der Waals surface area contributed by atoms with Gasteiger partial charge in [0.2, 0.25) is 0 Å². The number of pyridine rings is 1. The molecule has 0 aliphatic heterocycles. The first-order valence-electron chi connectivity index (χ1n) is 18.3. The van der Waals surface area contributed by atoms with Gasteiger partial charge in [-0.3, -0.25) is 4.98 Å². The van der Waals surface area contributed by atoms with Gasteiger partial charge in [-0.2, -0.15) is 0 Å². The number of hydrogen-bond acceptors (Lipinski definition) is 4. The van der Waals surface area contributed by atoms with Crippen molar-refractivity contribution in [3.63, 3.8) is 0 Å². The van der Waals surface area contributed by atoms with Crippen LogP contribution in [0.25, 0.3) is 10.8 Å². The summed E-state index contributed by atoms with van der Waals surface area (Å²) in [5.41, 5.74) is 3.25. The second kappa shape index (κ2) is 45.9. The van der Waals surface area contributed by atoms with Gasteiger partial charge in [0.25, 0.3) is 0 Å². The number of aromatic nitrogens is 1. The number of benzene rings is 2. The number of phenolic OH excluding ortho intramolecular Hbond substituents is 1. The van der Waals surface area contributed by atoms with Crippen molar-refractivity contribution in [3.8, 4) is 5.75 Å². The molecular formula is C44H79NO3. The van der Waals surface area contributed by atoms with Crippen LogP contribution in [0.15, 0.2) is 72.9 Å². The summed E-state index contributed by atoms with van der Waals surface area (Å²) >= 11 is 0. The molecular weight excluding hydrogens is 590 g/mol. The number of carbonyl (C=O) groups excluding carboxylic acids is 2. The molecule has 0 saturated heterocycles. The molecule has 0 amide bonds. The standard InChI is InChI=1S/C10H9N.C8H10O.C7H16.C4H8O.C4H8.C4H10.C3H6O.2C2H6/c1-8-6-9-4-2-3-5-10(9)7-11-8;1-2-7-5-3-4-6-8(7)9;1-4-6-7(3)5-2;1-3-4(2)5;1-4(2)3;1-3-4-2;1-3(2)4;2*1-2/h2-7H,1H3;3-6,9H,2H2,1H3;7H,4-6H2,1-3H3;3H2,1-2H3;1H2,2-3H3;3-4H2,1-2H3;1-2H3;2*1-2H3. The Morgan fingerprint density at radius 2 is 1.15 bits per heavy atom. The van der Waals surface area contributed by atoms with Crippen molar-refractivity contribution in [2.75, 3.05) is 0 Å². The first-order chi connectivity index (χ1) is 22.7. The number of unbranched alkanes of at least 4 members (excludes halogenated alkanes) is 1. The number of aromatic hydroxyl groups is 1. The Balaban J connectivity index is -0.000000109. The van der Waals surface area contributed by atoms with E-state index in [1.54, 1.807) is 13.0 Å². The highest BCUT2D eigenvalue weighted by Gasteiger charge is 1.93. The zero-order chi connectivity index (χ0) is 38.9. The van der Waals surface area contributed by atoms with E-state index in [-0.39, 0.29) is 11.6 Å². The van der Waals surface area contributed by atoms with Gasteiger partial charge in [0.15, 0.2) is 0 Å². The Bertz CT molecular complexity index is 1080. The van der Waals surface area contributed by atoms with Crippen LogP contribution in [0.3, 0.4) is 0 Å². The molecule has 4 heteroatoms. The van der Waals surface area contributed by atoms with Crippen molar-refractivity contribution in [1.82, 2.24) is 4.98 Å².